The van der Waals surface area contributed by atoms with E-state index < -0.39 is 34.3 Å². The topological polar surface area (TPSA) is 134 Å². The van der Waals surface area contributed by atoms with E-state index in [4.69, 9.17) is 9.47 Å². The van der Waals surface area contributed by atoms with Crippen LogP contribution in [0, 0.1) is 0 Å². The van der Waals surface area contributed by atoms with E-state index in [1.165, 1.54) is 48.5 Å². The molecule has 0 spiro atoms. The van der Waals surface area contributed by atoms with Gasteiger partial charge in [-0.15, -0.1) is 0 Å². The molecule has 146 valence electrons. The zero-order chi connectivity index (χ0) is 20.7. The highest BCUT2D eigenvalue weighted by molar-refractivity contribution is 6.21. The third-order valence-electron chi connectivity index (χ3n) is 4.86. The van der Waals surface area contributed by atoms with Crippen LogP contribution in [0.1, 0.15) is 11.1 Å². The number of rotatable bonds is 4. The molecule has 8 heteroatoms. The number of hydrogen-bond donors (Lipinski definition) is 4. The Balaban J connectivity index is 2.35. The highest BCUT2D eigenvalue weighted by Gasteiger charge is 2.71. The van der Waals surface area contributed by atoms with Crippen molar-refractivity contribution in [2.24, 2.45) is 0 Å². The molecule has 0 saturated carbocycles. The van der Waals surface area contributed by atoms with Gasteiger partial charge < -0.3 is 29.9 Å². The van der Waals surface area contributed by atoms with Crippen LogP contribution in [0.5, 0.6) is 11.5 Å². The normalized spacial score (nSPS) is 24.5. The van der Waals surface area contributed by atoms with E-state index in [0.717, 1.165) is 14.2 Å². The number of methoxy groups -OCH3 is 2. The number of Topliss-reactive ketones (excluding diaryl/α,β-unsaturated/α-hetero) is 1. The highest BCUT2D eigenvalue weighted by Crippen LogP contribution is 2.53. The Hall–Kier alpha value is -3.36. The number of aliphatic hydroxyl groups is 2. The van der Waals surface area contributed by atoms with E-state index in [9.17, 15) is 30.0 Å². The van der Waals surface area contributed by atoms with E-state index in [-0.39, 0.29) is 22.6 Å². The maximum atomic E-state index is 13.1. The van der Waals surface area contributed by atoms with Crippen molar-refractivity contribution in [2.45, 2.75) is 11.2 Å². The molecule has 3 rings (SSSR count). The number of carbonyl (C=O) groups is 2. The van der Waals surface area contributed by atoms with Crippen molar-refractivity contribution in [1.82, 2.24) is 0 Å². The first-order valence-corrected chi connectivity index (χ1v) is 8.17. The van der Waals surface area contributed by atoms with Gasteiger partial charge in [0.25, 0.3) is 0 Å². The van der Waals surface area contributed by atoms with Gasteiger partial charge in [-0.3, -0.25) is 4.79 Å². The minimum absolute atomic E-state index is 0.0195. The summed E-state index contributed by atoms with van der Waals surface area (Å²) in [6.07, 6.45) is 0. The number of phenols is 2. The Morgan fingerprint density at radius 2 is 1.39 bits per heavy atom. The van der Waals surface area contributed by atoms with Crippen molar-refractivity contribution in [3.8, 4) is 11.5 Å². The second kappa shape index (κ2) is 6.66. The smallest absolute Gasteiger partial charge is 0.346 e. The van der Waals surface area contributed by atoms with Crippen LogP contribution >= 0.6 is 0 Å². The van der Waals surface area contributed by atoms with Gasteiger partial charge in [0, 0.05) is 7.11 Å². The first-order chi connectivity index (χ1) is 13.2. The molecule has 1 aliphatic rings. The fourth-order valence-corrected chi connectivity index (χ4v) is 3.55. The van der Waals surface area contributed by atoms with Crippen molar-refractivity contribution in [1.29, 1.82) is 0 Å². The lowest BCUT2D eigenvalue weighted by atomic mass is 9.74. The zero-order valence-electron chi connectivity index (χ0n) is 15.0. The first-order valence-electron chi connectivity index (χ1n) is 8.17. The first kappa shape index (κ1) is 19.4. The Kier molecular flexibility index (Phi) is 4.62. The maximum Gasteiger partial charge on any atom is 0.346 e. The number of ketones is 1. The molecule has 0 fully saturated rings. The van der Waals surface area contributed by atoms with Crippen LogP contribution in [0.4, 0.5) is 0 Å². The van der Waals surface area contributed by atoms with Gasteiger partial charge in [-0.2, -0.15) is 0 Å². The number of benzene rings is 2. The summed E-state index contributed by atoms with van der Waals surface area (Å²) in [6.45, 7) is 0. The largest absolute Gasteiger partial charge is 0.508 e. The predicted molar refractivity (Wildman–Crippen MR) is 96.4 cm³/mol. The average Bonchev–Trinajstić information content (AvgIpc) is 2.87. The summed E-state index contributed by atoms with van der Waals surface area (Å²) in [6, 6.07) is 10.3. The quantitative estimate of drug-likeness (QED) is 0.580. The summed E-state index contributed by atoms with van der Waals surface area (Å²) < 4.78 is 10.1. The highest BCUT2D eigenvalue weighted by atomic mass is 16.6. The number of aliphatic hydroxyl groups excluding tert-OH is 1. The molecule has 2 aromatic carbocycles. The molecule has 0 radical (unpaired) electrons. The molecule has 0 aliphatic heterocycles. The molecule has 0 amide bonds. The Labute approximate surface area is 159 Å². The zero-order valence-corrected chi connectivity index (χ0v) is 15.0. The van der Waals surface area contributed by atoms with Crippen LogP contribution in [0.2, 0.25) is 0 Å². The van der Waals surface area contributed by atoms with E-state index in [1.807, 2.05) is 0 Å². The summed E-state index contributed by atoms with van der Waals surface area (Å²) in [5.41, 5.74) is -5.39. The Morgan fingerprint density at radius 3 is 1.86 bits per heavy atom. The number of carbonyl (C=O) groups excluding carboxylic acids is 2. The number of phenolic OH excluding ortho intramolecular Hbond substituents is 2. The molecule has 0 unspecified atom stereocenters. The molecule has 1 aliphatic carbocycles. The van der Waals surface area contributed by atoms with Crippen LogP contribution in [0.25, 0.3) is 5.57 Å². The van der Waals surface area contributed by atoms with Gasteiger partial charge in [0.1, 0.15) is 11.5 Å². The monoisotopic (exact) mass is 386 g/mol. The molecule has 0 saturated heterocycles. The van der Waals surface area contributed by atoms with Crippen LogP contribution in [-0.4, -0.2) is 52.0 Å². The van der Waals surface area contributed by atoms with Crippen molar-refractivity contribution in [2.75, 3.05) is 14.2 Å². The van der Waals surface area contributed by atoms with Gasteiger partial charge >= 0.3 is 5.97 Å². The van der Waals surface area contributed by atoms with Crippen LogP contribution in [-0.2, 0) is 24.7 Å². The minimum Gasteiger partial charge on any atom is -0.508 e. The molecule has 0 bridgehead atoms. The van der Waals surface area contributed by atoms with E-state index in [1.54, 1.807) is 0 Å². The average molecular weight is 386 g/mol. The third-order valence-corrected chi connectivity index (χ3v) is 4.86. The lowest BCUT2D eigenvalue weighted by Crippen LogP contribution is -2.59. The minimum atomic E-state index is -2.74. The lowest BCUT2D eigenvalue weighted by molar-refractivity contribution is -0.189. The Morgan fingerprint density at radius 1 is 0.893 bits per heavy atom. The Bertz CT molecular complexity index is 961. The van der Waals surface area contributed by atoms with Gasteiger partial charge in [-0.05, 0) is 35.4 Å². The van der Waals surface area contributed by atoms with E-state index in [0.29, 0.717) is 0 Å². The number of esters is 1. The number of aromatic hydroxyl groups is 2. The number of ether oxygens (including phenoxy) is 2. The molecular weight excluding hydrogens is 368 g/mol. The maximum absolute atomic E-state index is 13.1. The van der Waals surface area contributed by atoms with Gasteiger partial charge in [-0.25, -0.2) is 4.79 Å². The predicted octanol–water partition coefficient (Wildman–Crippen LogP) is 1.40. The molecule has 2 atom stereocenters. The molecule has 4 N–H and O–H groups in total. The fourth-order valence-electron chi connectivity index (χ4n) is 3.55. The summed E-state index contributed by atoms with van der Waals surface area (Å²) in [5.74, 6) is -3.38. The molecule has 0 heterocycles. The third kappa shape index (κ3) is 2.39. The van der Waals surface area contributed by atoms with Crippen LogP contribution in [0.15, 0.2) is 54.3 Å². The molecule has 0 aromatic heterocycles. The SMILES string of the molecule is COC(=O)[C@]1(O)C(c2ccc(O)cc2)=C(O)C(=O)[C@]1(OC)c1ccc(O)cc1. The summed E-state index contributed by atoms with van der Waals surface area (Å²) >= 11 is 0. The van der Waals surface area contributed by atoms with E-state index in [2.05, 4.69) is 0 Å². The van der Waals surface area contributed by atoms with Gasteiger partial charge in [0.15, 0.2) is 5.76 Å². The second-order valence-corrected chi connectivity index (χ2v) is 6.23. The molecule has 28 heavy (non-hydrogen) atoms. The number of hydrogen-bond acceptors (Lipinski definition) is 8. The van der Waals surface area contributed by atoms with Crippen LogP contribution < -0.4 is 0 Å². The molecule has 2 aromatic rings. The van der Waals surface area contributed by atoms with Crippen LogP contribution in [0.3, 0.4) is 0 Å². The van der Waals surface area contributed by atoms with Crippen molar-refractivity contribution in [3.63, 3.8) is 0 Å². The standard InChI is InChI=1S/C20H18O8/c1-27-18(25)19(26)15(11-3-7-13(21)8-4-11)16(23)17(24)20(19,28-2)12-5-9-14(22)10-6-12/h3-10,21-23,26H,1-2H3/t19-,20-/m1/s1. The summed E-state index contributed by atoms with van der Waals surface area (Å²) in [4.78, 5) is 25.9. The van der Waals surface area contributed by atoms with Gasteiger partial charge in [0.05, 0.1) is 12.7 Å². The van der Waals surface area contributed by atoms with E-state index >= 15 is 0 Å². The summed E-state index contributed by atoms with van der Waals surface area (Å²) in [7, 11) is 2.12. The van der Waals surface area contributed by atoms with Crippen molar-refractivity contribution in [3.05, 3.63) is 65.4 Å². The second-order valence-electron chi connectivity index (χ2n) is 6.23. The van der Waals surface area contributed by atoms with Gasteiger partial charge in [-0.1, -0.05) is 24.3 Å². The van der Waals surface area contributed by atoms with Crippen molar-refractivity contribution >= 4 is 17.3 Å². The van der Waals surface area contributed by atoms with Crippen molar-refractivity contribution < 1.29 is 39.5 Å². The summed E-state index contributed by atoms with van der Waals surface area (Å²) in [5, 5.41) is 41.2. The fraction of sp³-hybridized carbons (Fsp3) is 0.200. The molecular formula is C20H18O8. The van der Waals surface area contributed by atoms with Gasteiger partial charge in [0.2, 0.25) is 17.0 Å². The lowest BCUT2D eigenvalue weighted by Gasteiger charge is -2.39. The molecule has 8 nitrogen and oxygen atoms in total.